The molecule has 20 heavy (non-hydrogen) atoms. The molecule has 1 aromatic heterocycles. The lowest BCUT2D eigenvalue weighted by Crippen LogP contribution is -2.36. The minimum atomic E-state index is -0.211. The largest absolute Gasteiger partial charge is 0.321 e. The third kappa shape index (κ3) is 2.00. The van der Waals surface area contributed by atoms with E-state index in [1.807, 2.05) is 0 Å². The summed E-state index contributed by atoms with van der Waals surface area (Å²) in [6, 6.07) is 2.14. The molecule has 4 nitrogen and oxygen atoms in total. The van der Waals surface area contributed by atoms with E-state index in [0.29, 0.717) is 11.8 Å². The molecule has 1 N–H and O–H groups in total. The summed E-state index contributed by atoms with van der Waals surface area (Å²) in [5, 5.41) is 7.86. The molecule has 2 saturated heterocycles. The van der Waals surface area contributed by atoms with Crippen LogP contribution < -0.4 is 5.32 Å². The van der Waals surface area contributed by atoms with Gasteiger partial charge in [-0.2, -0.15) is 11.3 Å². The Hall–Kier alpha value is -0.910. The Kier molecular flexibility index (Phi) is 2.91. The molecule has 4 rings (SSSR count). The summed E-state index contributed by atoms with van der Waals surface area (Å²) in [6.45, 7) is 3.18. The normalized spacial score (nSPS) is 32.5. The fourth-order valence-electron chi connectivity index (χ4n) is 3.61. The predicted molar refractivity (Wildman–Crippen MR) is 79.5 cm³/mol. The van der Waals surface area contributed by atoms with E-state index in [2.05, 4.69) is 39.0 Å². The molecule has 2 atom stereocenters. The molecule has 1 amide bonds. The number of thiophene rings is 1. The Morgan fingerprint density at radius 3 is 2.95 bits per heavy atom. The van der Waals surface area contributed by atoms with Crippen LogP contribution in [0.4, 0.5) is 0 Å². The van der Waals surface area contributed by atoms with Crippen LogP contribution in [0.1, 0.15) is 31.0 Å². The molecule has 0 bridgehead atoms. The van der Waals surface area contributed by atoms with E-state index in [1.165, 1.54) is 12.0 Å². The highest BCUT2D eigenvalue weighted by atomic mass is 32.1. The average molecular weight is 291 g/mol. The van der Waals surface area contributed by atoms with E-state index in [4.69, 9.17) is 0 Å². The number of nitrogens with zero attached hydrogens (tertiary/aromatic N) is 2. The summed E-state index contributed by atoms with van der Waals surface area (Å²) >= 11 is 1.71. The summed E-state index contributed by atoms with van der Waals surface area (Å²) in [4.78, 5) is 17.2. The Balaban J connectivity index is 1.56. The van der Waals surface area contributed by atoms with Crippen LogP contribution in [0.2, 0.25) is 0 Å². The number of rotatable bonds is 3. The summed E-state index contributed by atoms with van der Waals surface area (Å²) < 4.78 is 0. The first-order valence-electron chi connectivity index (χ1n) is 7.47. The zero-order chi connectivity index (χ0) is 13.7. The SMILES string of the molecule is CN1CCC(CN2C(=O)C3(CC3)NC2c2ccsc2)C1. The molecular formula is C15H21N3OS. The Morgan fingerprint density at radius 2 is 2.35 bits per heavy atom. The highest BCUT2D eigenvalue weighted by Gasteiger charge is 2.59. The predicted octanol–water partition coefficient (Wildman–Crippen LogP) is 1.66. The van der Waals surface area contributed by atoms with Crippen molar-refractivity contribution in [3.05, 3.63) is 22.4 Å². The molecule has 108 valence electrons. The van der Waals surface area contributed by atoms with E-state index < -0.39 is 0 Å². The van der Waals surface area contributed by atoms with Crippen LogP contribution in [-0.2, 0) is 4.79 Å². The molecule has 5 heteroatoms. The smallest absolute Gasteiger partial charge is 0.244 e. The average Bonchev–Trinajstić information content (AvgIpc) is 2.80. The Labute approximate surface area is 123 Å². The molecular weight excluding hydrogens is 270 g/mol. The van der Waals surface area contributed by atoms with E-state index in [9.17, 15) is 4.79 Å². The van der Waals surface area contributed by atoms with Crippen LogP contribution >= 0.6 is 11.3 Å². The van der Waals surface area contributed by atoms with Gasteiger partial charge in [0, 0.05) is 13.1 Å². The van der Waals surface area contributed by atoms with E-state index in [-0.39, 0.29) is 11.7 Å². The van der Waals surface area contributed by atoms with Crippen molar-refractivity contribution in [1.82, 2.24) is 15.1 Å². The molecule has 2 unspecified atom stereocenters. The Morgan fingerprint density at radius 1 is 1.50 bits per heavy atom. The van der Waals surface area contributed by atoms with Gasteiger partial charge >= 0.3 is 0 Å². The molecule has 3 heterocycles. The van der Waals surface area contributed by atoms with Gasteiger partial charge in [-0.3, -0.25) is 10.1 Å². The first kappa shape index (κ1) is 12.8. The van der Waals surface area contributed by atoms with Gasteiger partial charge in [-0.05, 0) is 61.2 Å². The number of hydrogen-bond donors (Lipinski definition) is 1. The second-order valence-electron chi connectivity index (χ2n) is 6.56. The van der Waals surface area contributed by atoms with Crippen molar-refractivity contribution >= 4 is 17.2 Å². The highest BCUT2D eigenvalue weighted by molar-refractivity contribution is 7.07. The summed E-state index contributed by atoms with van der Waals surface area (Å²) in [6.07, 6.45) is 3.33. The number of nitrogens with one attached hydrogen (secondary N) is 1. The van der Waals surface area contributed by atoms with Crippen LogP contribution in [0.25, 0.3) is 0 Å². The van der Waals surface area contributed by atoms with Crippen LogP contribution in [0.3, 0.4) is 0 Å². The van der Waals surface area contributed by atoms with Crippen LogP contribution in [0.15, 0.2) is 16.8 Å². The maximum absolute atomic E-state index is 12.7. The van der Waals surface area contributed by atoms with Crippen LogP contribution in [0, 0.1) is 5.92 Å². The van der Waals surface area contributed by atoms with Crippen molar-refractivity contribution in [3.63, 3.8) is 0 Å². The lowest BCUT2D eigenvalue weighted by molar-refractivity contribution is -0.131. The minimum absolute atomic E-state index is 0.0992. The molecule has 3 aliphatic rings. The van der Waals surface area contributed by atoms with Crippen molar-refractivity contribution in [3.8, 4) is 0 Å². The number of amides is 1. The fourth-order valence-corrected chi connectivity index (χ4v) is 4.29. The quantitative estimate of drug-likeness (QED) is 0.920. The zero-order valence-electron chi connectivity index (χ0n) is 11.8. The molecule has 2 aliphatic heterocycles. The third-order valence-corrected chi connectivity index (χ3v) is 5.65. The monoisotopic (exact) mass is 291 g/mol. The lowest BCUT2D eigenvalue weighted by atomic mass is 10.1. The third-order valence-electron chi connectivity index (χ3n) is 4.95. The molecule has 1 spiro atoms. The van der Waals surface area contributed by atoms with Gasteiger partial charge in [-0.15, -0.1) is 0 Å². The van der Waals surface area contributed by atoms with Gasteiger partial charge in [0.2, 0.25) is 5.91 Å². The summed E-state index contributed by atoms with van der Waals surface area (Å²) in [5.74, 6) is 0.962. The first-order chi connectivity index (χ1) is 9.68. The van der Waals surface area contributed by atoms with Crippen molar-refractivity contribution in [2.45, 2.75) is 31.0 Å². The molecule has 1 aliphatic carbocycles. The maximum atomic E-state index is 12.7. The fraction of sp³-hybridized carbons (Fsp3) is 0.667. The summed E-state index contributed by atoms with van der Waals surface area (Å²) in [7, 11) is 2.17. The number of likely N-dealkylation sites (tertiary alicyclic amines) is 1. The van der Waals surface area contributed by atoms with E-state index in [1.54, 1.807) is 11.3 Å². The van der Waals surface area contributed by atoms with Crippen LogP contribution in [-0.4, -0.2) is 47.9 Å². The van der Waals surface area contributed by atoms with Gasteiger partial charge in [-0.1, -0.05) is 0 Å². The molecule has 1 aromatic rings. The summed E-state index contributed by atoms with van der Waals surface area (Å²) in [5.41, 5.74) is 1.04. The van der Waals surface area contributed by atoms with Gasteiger partial charge in [0.1, 0.15) is 11.7 Å². The highest BCUT2D eigenvalue weighted by Crippen LogP contribution is 2.46. The van der Waals surface area contributed by atoms with Crippen molar-refractivity contribution < 1.29 is 4.79 Å². The first-order valence-corrected chi connectivity index (χ1v) is 8.42. The molecule has 3 fully saturated rings. The van der Waals surface area contributed by atoms with Gasteiger partial charge < -0.3 is 9.80 Å². The van der Waals surface area contributed by atoms with Gasteiger partial charge in [-0.25, -0.2) is 0 Å². The maximum Gasteiger partial charge on any atom is 0.244 e. The molecule has 0 radical (unpaired) electrons. The number of hydrogen-bond acceptors (Lipinski definition) is 4. The Bertz CT molecular complexity index is 511. The minimum Gasteiger partial charge on any atom is -0.321 e. The topological polar surface area (TPSA) is 35.6 Å². The molecule has 0 aromatic carbocycles. The van der Waals surface area contributed by atoms with Crippen molar-refractivity contribution in [1.29, 1.82) is 0 Å². The molecule has 1 saturated carbocycles. The van der Waals surface area contributed by atoms with E-state index in [0.717, 1.165) is 32.5 Å². The standard InChI is InChI=1S/C15H21N3OS/c1-17-6-2-11(8-17)9-18-13(12-3-7-20-10-12)16-15(4-5-15)14(18)19/h3,7,10-11,13,16H,2,4-6,8-9H2,1H3. The van der Waals surface area contributed by atoms with Gasteiger partial charge in [0.05, 0.1) is 0 Å². The number of carbonyl (C=O) groups excluding carboxylic acids is 1. The van der Waals surface area contributed by atoms with Crippen LogP contribution in [0.5, 0.6) is 0 Å². The van der Waals surface area contributed by atoms with Gasteiger partial charge in [0.15, 0.2) is 0 Å². The number of carbonyl (C=O) groups is 1. The van der Waals surface area contributed by atoms with E-state index >= 15 is 0 Å². The second-order valence-corrected chi connectivity index (χ2v) is 7.34. The lowest BCUT2D eigenvalue weighted by Gasteiger charge is -2.26. The van der Waals surface area contributed by atoms with Gasteiger partial charge in [0.25, 0.3) is 0 Å². The van der Waals surface area contributed by atoms with Crippen molar-refractivity contribution in [2.75, 3.05) is 26.7 Å². The zero-order valence-corrected chi connectivity index (χ0v) is 12.7. The second kappa shape index (κ2) is 4.55. The van der Waals surface area contributed by atoms with Crippen molar-refractivity contribution in [2.24, 2.45) is 5.92 Å².